The Morgan fingerprint density at radius 2 is 2.25 bits per heavy atom. The van der Waals surface area contributed by atoms with E-state index < -0.39 is 5.97 Å². The first-order valence-electron chi connectivity index (χ1n) is 5.35. The summed E-state index contributed by atoms with van der Waals surface area (Å²) in [4.78, 5) is 12.5. The van der Waals surface area contributed by atoms with Gasteiger partial charge in [0, 0.05) is 30.2 Å². The van der Waals surface area contributed by atoms with E-state index in [0.29, 0.717) is 11.4 Å². The molecule has 0 aliphatic heterocycles. The first-order valence-corrected chi connectivity index (χ1v) is 5.73. The maximum absolute atomic E-state index is 10.4. The van der Waals surface area contributed by atoms with Gasteiger partial charge in [0.2, 0.25) is 0 Å². The Kier molecular flexibility index (Phi) is 5.12. The van der Waals surface area contributed by atoms with Crippen molar-refractivity contribution in [1.29, 1.82) is 0 Å². The molecule has 1 rings (SSSR count). The Morgan fingerprint density at radius 1 is 1.50 bits per heavy atom. The van der Waals surface area contributed by atoms with Crippen molar-refractivity contribution in [3.63, 3.8) is 0 Å². The number of carboxylic acids is 1. The fraction of sp³-hybridized carbons (Fsp3) is 0.417. The van der Waals surface area contributed by atoms with Gasteiger partial charge in [-0.1, -0.05) is 17.7 Å². The highest BCUT2D eigenvalue weighted by Crippen LogP contribution is 2.19. The summed E-state index contributed by atoms with van der Waals surface area (Å²) in [6.07, 6.45) is 0.854. The van der Waals surface area contributed by atoms with Crippen LogP contribution in [0.4, 0.5) is 5.69 Å². The Bertz CT molecular complexity index is 355. The topological polar surface area (TPSA) is 40.5 Å². The van der Waals surface area contributed by atoms with Crippen molar-refractivity contribution in [3.05, 3.63) is 29.3 Å². The fourth-order valence-electron chi connectivity index (χ4n) is 1.56. The number of hydrogen-bond acceptors (Lipinski definition) is 2. The van der Waals surface area contributed by atoms with Gasteiger partial charge >= 0.3 is 5.97 Å². The average Bonchev–Trinajstić information content (AvgIpc) is 2.24. The van der Waals surface area contributed by atoms with Crippen molar-refractivity contribution in [2.45, 2.75) is 19.8 Å². The van der Waals surface area contributed by atoms with Gasteiger partial charge in [-0.2, -0.15) is 0 Å². The summed E-state index contributed by atoms with van der Waals surface area (Å²) in [6.45, 7) is 3.63. The highest BCUT2D eigenvalue weighted by Gasteiger charge is 2.05. The second-order valence-corrected chi connectivity index (χ2v) is 3.99. The van der Waals surface area contributed by atoms with Crippen LogP contribution in [-0.2, 0) is 4.79 Å². The molecule has 0 saturated heterocycles. The van der Waals surface area contributed by atoms with E-state index in [1.807, 2.05) is 31.2 Å². The van der Waals surface area contributed by atoms with E-state index in [1.54, 1.807) is 0 Å². The minimum Gasteiger partial charge on any atom is -0.481 e. The van der Waals surface area contributed by atoms with Crippen molar-refractivity contribution in [2.24, 2.45) is 0 Å². The number of rotatable bonds is 6. The van der Waals surface area contributed by atoms with Crippen LogP contribution in [0.3, 0.4) is 0 Å². The second-order valence-electron chi connectivity index (χ2n) is 3.56. The zero-order valence-corrected chi connectivity index (χ0v) is 10.1. The van der Waals surface area contributed by atoms with Crippen molar-refractivity contribution in [2.75, 3.05) is 18.0 Å². The smallest absolute Gasteiger partial charge is 0.303 e. The molecule has 0 unspecified atom stereocenters. The van der Waals surface area contributed by atoms with Gasteiger partial charge in [0.25, 0.3) is 0 Å². The van der Waals surface area contributed by atoms with Crippen molar-refractivity contribution >= 4 is 23.3 Å². The molecule has 0 atom stereocenters. The minimum atomic E-state index is -0.748. The first kappa shape index (κ1) is 12.8. The zero-order valence-electron chi connectivity index (χ0n) is 9.32. The van der Waals surface area contributed by atoms with Crippen LogP contribution in [0.2, 0.25) is 5.02 Å². The molecule has 0 fully saturated rings. The number of hydrogen-bond donors (Lipinski definition) is 1. The lowest BCUT2D eigenvalue weighted by Crippen LogP contribution is -2.24. The SMILES string of the molecule is CCN(CCCC(=O)O)c1cccc(Cl)c1. The molecule has 0 heterocycles. The summed E-state index contributed by atoms with van der Waals surface area (Å²) in [5.74, 6) is -0.748. The van der Waals surface area contributed by atoms with E-state index in [0.717, 1.165) is 18.8 Å². The summed E-state index contributed by atoms with van der Waals surface area (Å²) in [7, 11) is 0. The molecule has 0 aliphatic rings. The summed E-state index contributed by atoms with van der Waals surface area (Å²) in [6, 6.07) is 7.61. The molecular formula is C12H16ClNO2. The maximum atomic E-state index is 10.4. The largest absolute Gasteiger partial charge is 0.481 e. The summed E-state index contributed by atoms with van der Waals surface area (Å²) in [5.41, 5.74) is 1.04. The van der Waals surface area contributed by atoms with Crippen LogP contribution in [-0.4, -0.2) is 24.2 Å². The molecule has 1 N–H and O–H groups in total. The normalized spacial score (nSPS) is 10.1. The third kappa shape index (κ3) is 4.11. The molecular weight excluding hydrogens is 226 g/mol. The molecule has 0 saturated carbocycles. The number of carboxylic acid groups (broad SMARTS) is 1. The van der Waals surface area contributed by atoms with Crippen LogP contribution in [0.5, 0.6) is 0 Å². The van der Waals surface area contributed by atoms with Crippen molar-refractivity contribution in [3.8, 4) is 0 Å². The summed E-state index contributed by atoms with van der Waals surface area (Å²) in [5, 5.41) is 9.28. The Morgan fingerprint density at radius 3 is 2.81 bits per heavy atom. The van der Waals surface area contributed by atoms with Crippen LogP contribution < -0.4 is 4.90 Å². The van der Waals surface area contributed by atoms with E-state index >= 15 is 0 Å². The zero-order chi connectivity index (χ0) is 12.0. The number of anilines is 1. The van der Waals surface area contributed by atoms with E-state index in [1.165, 1.54) is 0 Å². The van der Waals surface area contributed by atoms with Crippen molar-refractivity contribution in [1.82, 2.24) is 0 Å². The molecule has 3 nitrogen and oxygen atoms in total. The van der Waals surface area contributed by atoms with Crippen LogP contribution in [0, 0.1) is 0 Å². The summed E-state index contributed by atoms with van der Waals surface area (Å²) < 4.78 is 0. The molecule has 0 aliphatic carbocycles. The molecule has 16 heavy (non-hydrogen) atoms. The minimum absolute atomic E-state index is 0.205. The number of nitrogens with zero attached hydrogens (tertiary/aromatic N) is 1. The van der Waals surface area contributed by atoms with Crippen molar-refractivity contribution < 1.29 is 9.90 Å². The van der Waals surface area contributed by atoms with Crippen LogP contribution in [0.25, 0.3) is 0 Å². The number of halogens is 1. The standard InChI is InChI=1S/C12H16ClNO2/c1-2-14(8-4-7-12(15)16)11-6-3-5-10(13)9-11/h3,5-6,9H,2,4,7-8H2,1H3,(H,15,16). The van der Waals surface area contributed by atoms with Gasteiger partial charge in [-0.05, 0) is 31.5 Å². The Labute approximate surface area is 101 Å². The van der Waals surface area contributed by atoms with E-state index in [9.17, 15) is 4.79 Å². The fourth-order valence-corrected chi connectivity index (χ4v) is 1.75. The van der Waals surface area contributed by atoms with Crippen LogP contribution >= 0.6 is 11.6 Å². The lowest BCUT2D eigenvalue weighted by molar-refractivity contribution is -0.137. The number of aliphatic carboxylic acids is 1. The lowest BCUT2D eigenvalue weighted by Gasteiger charge is -2.22. The van der Waals surface area contributed by atoms with Gasteiger partial charge in [-0.3, -0.25) is 4.79 Å². The van der Waals surface area contributed by atoms with Crippen LogP contribution in [0.1, 0.15) is 19.8 Å². The third-order valence-corrected chi connectivity index (χ3v) is 2.61. The highest BCUT2D eigenvalue weighted by atomic mass is 35.5. The molecule has 0 amide bonds. The summed E-state index contributed by atoms with van der Waals surface area (Å²) >= 11 is 5.91. The highest BCUT2D eigenvalue weighted by molar-refractivity contribution is 6.30. The molecule has 0 aromatic heterocycles. The molecule has 0 radical (unpaired) electrons. The second kappa shape index (κ2) is 6.38. The average molecular weight is 242 g/mol. The molecule has 1 aromatic carbocycles. The third-order valence-electron chi connectivity index (χ3n) is 2.37. The molecule has 1 aromatic rings. The Balaban J connectivity index is 2.57. The van der Waals surface area contributed by atoms with E-state index in [-0.39, 0.29) is 6.42 Å². The lowest BCUT2D eigenvalue weighted by atomic mass is 10.2. The van der Waals surface area contributed by atoms with Gasteiger partial charge in [-0.25, -0.2) is 0 Å². The predicted octanol–water partition coefficient (Wildman–Crippen LogP) is 3.03. The number of benzene rings is 1. The van der Waals surface area contributed by atoms with E-state index in [4.69, 9.17) is 16.7 Å². The monoisotopic (exact) mass is 241 g/mol. The maximum Gasteiger partial charge on any atom is 0.303 e. The predicted molar refractivity (Wildman–Crippen MR) is 66.2 cm³/mol. The van der Waals surface area contributed by atoms with Gasteiger partial charge in [-0.15, -0.1) is 0 Å². The Hall–Kier alpha value is -1.22. The van der Waals surface area contributed by atoms with Gasteiger partial charge in [0.15, 0.2) is 0 Å². The van der Waals surface area contributed by atoms with Gasteiger partial charge in [0.1, 0.15) is 0 Å². The molecule has 0 spiro atoms. The molecule has 0 bridgehead atoms. The van der Waals surface area contributed by atoms with E-state index in [2.05, 4.69) is 4.90 Å². The molecule has 4 heteroatoms. The first-order chi connectivity index (χ1) is 7.63. The quantitative estimate of drug-likeness (QED) is 0.832. The van der Waals surface area contributed by atoms with Crippen LogP contribution in [0.15, 0.2) is 24.3 Å². The molecule has 88 valence electrons. The number of carbonyl (C=O) groups is 1. The van der Waals surface area contributed by atoms with Gasteiger partial charge < -0.3 is 10.0 Å². The van der Waals surface area contributed by atoms with Gasteiger partial charge in [0.05, 0.1) is 0 Å².